The van der Waals surface area contributed by atoms with Crippen molar-refractivity contribution in [3.8, 4) is 0 Å². The highest BCUT2D eigenvalue weighted by Crippen LogP contribution is 2.15. The molecular formula is C15H25N5O. The van der Waals surface area contributed by atoms with Crippen LogP contribution in [0.3, 0.4) is 0 Å². The third-order valence-corrected chi connectivity index (χ3v) is 3.87. The number of pyridine rings is 1. The summed E-state index contributed by atoms with van der Waals surface area (Å²) in [6, 6.07) is 6.11. The van der Waals surface area contributed by atoms with Crippen LogP contribution >= 0.6 is 0 Å². The Kier molecular flexibility index (Phi) is 6.10. The van der Waals surface area contributed by atoms with Gasteiger partial charge >= 0.3 is 0 Å². The predicted molar refractivity (Wildman–Crippen MR) is 82.5 cm³/mol. The van der Waals surface area contributed by atoms with Crippen molar-refractivity contribution < 1.29 is 4.79 Å². The number of nitrogens with two attached hydrogens (primary N) is 1. The van der Waals surface area contributed by atoms with E-state index < -0.39 is 0 Å². The second kappa shape index (κ2) is 8.07. The highest BCUT2D eigenvalue weighted by Gasteiger charge is 2.21. The number of aromatic nitrogens is 1. The molecule has 21 heavy (non-hydrogen) atoms. The van der Waals surface area contributed by atoms with Crippen LogP contribution in [0.25, 0.3) is 0 Å². The van der Waals surface area contributed by atoms with Crippen LogP contribution in [0.15, 0.2) is 18.2 Å². The number of amides is 1. The Labute approximate surface area is 126 Å². The number of rotatable bonds is 6. The highest BCUT2D eigenvalue weighted by atomic mass is 16.2. The van der Waals surface area contributed by atoms with Crippen molar-refractivity contribution >= 4 is 5.91 Å². The number of hydrogen-bond donors (Lipinski definition) is 3. The zero-order valence-corrected chi connectivity index (χ0v) is 12.6. The van der Waals surface area contributed by atoms with Crippen molar-refractivity contribution in [2.24, 2.45) is 5.84 Å². The van der Waals surface area contributed by atoms with Crippen LogP contribution in [-0.2, 0) is 6.54 Å². The van der Waals surface area contributed by atoms with Crippen molar-refractivity contribution in [3.63, 3.8) is 0 Å². The summed E-state index contributed by atoms with van der Waals surface area (Å²) < 4.78 is 0. The van der Waals surface area contributed by atoms with Gasteiger partial charge in [0.2, 0.25) is 0 Å². The molecule has 1 aliphatic rings. The van der Waals surface area contributed by atoms with Gasteiger partial charge in [0.05, 0.1) is 5.69 Å². The van der Waals surface area contributed by atoms with Crippen molar-refractivity contribution in [2.75, 3.05) is 19.6 Å². The summed E-state index contributed by atoms with van der Waals surface area (Å²) in [5, 5.41) is 3.40. The zero-order valence-electron chi connectivity index (χ0n) is 12.6. The van der Waals surface area contributed by atoms with E-state index in [1.807, 2.05) is 12.1 Å². The fourth-order valence-corrected chi connectivity index (χ4v) is 2.83. The smallest absolute Gasteiger partial charge is 0.283 e. The Morgan fingerprint density at radius 1 is 1.48 bits per heavy atom. The van der Waals surface area contributed by atoms with E-state index in [-0.39, 0.29) is 5.91 Å². The van der Waals surface area contributed by atoms with E-state index >= 15 is 0 Å². The molecule has 1 aliphatic heterocycles. The summed E-state index contributed by atoms with van der Waals surface area (Å²) in [4.78, 5) is 18.4. The lowest BCUT2D eigenvalue weighted by molar-refractivity contribution is 0.0947. The summed E-state index contributed by atoms with van der Waals surface area (Å²) in [5.74, 6) is 4.82. The van der Waals surface area contributed by atoms with Crippen LogP contribution in [0.1, 0.15) is 42.4 Å². The van der Waals surface area contributed by atoms with Crippen molar-refractivity contribution in [3.05, 3.63) is 29.6 Å². The minimum Gasteiger partial charge on any atom is -0.317 e. The second-order valence-electron chi connectivity index (χ2n) is 5.44. The van der Waals surface area contributed by atoms with Crippen LogP contribution < -0.4 is 16.6 Å². The molecule has 0 aromatic carbocycles. The van der Waals surface area contributed by atoms with E-state index in [0.29, 0.717) is 11.7 Å². The number of piperidine rings is 1. The topological polar surface area (TPSA) is 83.3 Å². The van der Waals surface area contributed by atoms with Gasteiger partial charge in [-0.2, -0.15) is 0 Å². The summed E-state index contributed by atoms with van der Waals surface area (Å²) in [6.45, 7) is 6.19. The molecule has 0 unspecified atom stereocenters. The lowest BCUT2D eigenvalue weighted by atomic mass is 10.0. The maximum absolute atomic E-state index is 11.6. The summed E-state index contributed by atoms with van der Waals surface area (Å²) in [5.41, 5.74) is 3.42. The van der Waals surface area contributed by atoms with Gasteiger partial charge in [0, 0.05) is 12.6 Å². The number of nitrogens with zero attached hydrogens (tertiary/aromatic N) is 2. The monoisotopic (exact) mass is 291 g/mol. The fourth-order valence-electron chi connectivity index (χ4n) is 2.83. The Morgan fingerprint density at radius 3 is 2.90 bits per heavy atom. The lowest BCUT2D eigenvalue weighted by Gasteiger charge is -2.34. The molecular weight excluding hydrogens is 266 g/mol. The van der Waals surface area contributed by atoms with E-state index in [4.69, 9.17) is 5.84 Å². The molecule has 0 spiro atoms. The van der Waals surface area contributed by atoms with E-state index in [2.05, 4.69) is 27.6 Å². The van der Waals surface area contributed by atoms with E-state index in [0.717, 1.165) is 38.3 Å². The van der Waals surface area contributed by atoms with E-state index in [9.17, 15) is 4.79 Å². The first kappa shape index (κ1) is 15.9. The van der Waals surface area contributed by atoms with E-state index in [1.54, 1.807) is 6.07 Å². The second-order valence-corrected chi connectivity index (χ2v) is 5.44. The molecule has 6 nitrogen and oxygen atoms in total. The van der Waals surface area contributed by atoms with Gasteiger partial charge < -0.3 is 5.32 Å². The minimum absolute atomic E-state index is 0.347. The molecule has 0 saturated carbocycles. The summed E-state index contributed by atoms with van der Waals surface area (Å²) >= 11 is 0. The van der Waals surface area contributed by atoms with Crippen LogP contribution in [0.5, 0.6) is 0 Å². The summed E-state index contributed by atoms with van der Waals surface area (Å²) in [6.07, 6.45) is 3.46. The van der Waals surface area contributed by atoms with Gasteiger partial charge in [0.1, 0.15) is 5.69 Å². The Morgan fingerprint density at radius 2 is 2.24 bits per heavy atom. The van der Waals surface area contributed by atoms with Gasteiger partial charge in [-0.05, 0) is 51.0 Å². The molecule has 1 aromatic rings. The molecule has 1 saturated heterocycles. The molecule has 1 amide bonds. The Bertz CT molecular complexity index is 459. The highest BCUT2D eigenvalue weighted by molar-refractivity contribution is 5.91. The molecule has 116 valence electrons. The molecule has 0 bridgehead atoms. The van der Waals surface area contributed by atoms with Crippen molar-refractivity contribution in [1.82, 2.24) is 20.6 Å². The molecule has 4 N–H and O–H groups in total. The Balaban J connectivity index is 2.07. The maximum atomic E-state index is 11.6. The standard InChI is InChI=1S/C15H25N5O/c1-2-10-20(13-6-8-17-9-7-13)11-12-4-3-5-14(18-12)15(21)19-16/h3-5,13,17H,2,6-11,16H2,1H3,(H,19,21). The van der Waals surface area contributed by atoms with E-state index in [1.165, 1.54) is 12.8 Å². The van der Waals surface area contributed by atoms with Gasteiger partial charge in [0.25, 0.3) is 5.91 Å². The maximum Gasteiger partial charge on any atom is 0.283 e. The van der Waals surface area contributed by atoms with Crippen molar-refractivity contribution in [2.45, 2.75) is 38.8 Å². The van der Waals surface area contributed by atoms with Gasteiger partial charge in [-0.1, -0.05) is 13.0 Å². The minimum atomic E-state index is -0.347. The average Bonchev–Trinajstić information content (AvgIpc) is 2.55. The van der Waals surface area contributed by atoms with Crippen LogP contribution in [0, 0.1) is 0 Å². The first-order valence-corrected chi connectivity index (χ1v) is 7.66. The third kappa shape index (κ3) is 4.49. The van der Waals surface area contributed by atoms with Gasteiger partial charge in [0.15, 0.2) is 0 Å². The summed E-state index contributed by atoms with van der Waals surface area (Å²) in [7, 11) is 0. The average molecular weight is 291 g/mol. The number of carbonyl (C=O) groups excluding carboxylic acids is 1. The zero-order chi connectivity index (χ0) is 15.1. The quantitative estimate of drug-likeness (QED) is 0.407. The third-order valence-electron chi connectivity index (χ3n) is 3.87. The molecule has 2 rings (SSSR count). The molecule has 0 aliphatic carbocycles. The largest absolute Gasteiger partial charge is 0.317 e. The SMILES string of the molecule is CCCN(Cc1cccc(C(=O)NN)n1)C1CCNCC1. The number of nitrogens with one attached hydrogen (secondary N) is 2. The first-order chi connectivity index (χ1) is 10.2. The molecule has 1 fully saturated rings. The van der Waals surface area contributed by atoms with Gasteiger partial charge in [-0.3, -0.25) is 15.1 Å². The van der Waals surface area contributed by atoms with Crippen LogP contribution in [0.2, 0.25) is 0 Å². The number of hydrogen-bond acceptors (Lipinski definition) is 5. The molecule has 0 atom stereocenters. The molecule has 6 heteroatoms. The van der Waals surface area contributed by atoms with Crippen molar-refractivity contribution in [1.29, 1.82) is 0 Å². The van der Waals surface area contributed by atoms with Crippen LogP contribution in [-0.4, -0.2) is 41.5 Å². The van der Waals surface area contributed by atoms with Crippen LogP contribution in [0.4, 0.5) is 0 Å². The molecule has 0 radical (unpaired) electrons. The Hall–Kier alpha value is -1.50. The number of carbonyl (C=O) groups is 1. The first-order valence-electron chi connectivity index (χ1n) is 7.66. The lowest BCUT2D eigenvalue weighted by Crippen LogP contribution is -2.43. The van der Waals surface area contributed by atoms with Gasteiger partial charge in [-0.25, -0.2) is 10.8 Å². The fraction of sp³-hybridized carbons (Fsp3) is 0.600. The normalized spacial score (nSPS) is 16.1. The number of hydrazine groups is 1. The number of nitrogen functional groups attached to an aromatic ring is 1. The molecule has 1 aromatic heterocycles. The predicted octanol–water partition coefficient (Wildman–Crippen LogP) is 0.649. The van der Waals surface area contributed by atoms with Gasteiger partial charge in [-0.15, -0.1) is 0 Å². The molecule has 2 heterocycles.